The minimum Gasteiger partial charge on any atom is -0.894 e. The maximum Gasteiger partial charge on any atom is 3.00 e. The van der Waals surface area contributed by atoms with Gasteiger partial charge < -0.3 is 28.2 Å². The summed E-state index contributed by atoms with van der Waals surface area (Å²) in [6.07, 6.45) is 0. The zero-order valence-electron chi connectivity index (χ0n) is 2.99. The summed E-state index contributed by atoms with van der Waals surface area (Å²) < 4.78 is 0. The predicted molar refractivity (Wildman–Crippen MR) is 5.75 cm³/mol. The second kappa shape index (κ2) is 6.87. The molecular formula is CeGdO4Si+2. The molecule has 0 fully saturated rings. The summed E-state index contributed by atoms with van der Waals surface area (Å²) in [6, 6.07) is 0. The Morgan fingerprint density at radius 1 is 0.857 bits per heavy atom. The fourth-order valence-corrected chi connectivity index (χ4v) is 0. The van der Waals surface area contributed by atoms with Crippen molar-refractivity contribution in [2.24, 2.45) is 0 Å². The van der Waals surface area contributed by atoms with Crippen molar-refractivity contribution in [3.05, 3.63) is 0 Å². The molecule has 0 atom stereocenters. The van der Waals surface area contributed by atoms with E-state index in [0.29, 0.717) is 0 Å². The summed E-state index contributed by atoms with van der Waals surface area (Å²) in [6.45, 7) is 0. The Hall–Kier alpha value is 2.76. The van der Waals surface area contributed by atoms with Crippen LogP contribution in [0.5, 0.6) is 0 Å². The molecule has 38 valence electrons. The summed E-state index contributed by atoms with van der Waals surface area (Å²) in [5.74, 6) is 0. The average Bonchev–Trinajstić information content (AvgIpc) is 0.722. The maximum atomic E-state index is 8.58. The van der Waals surface area contributed by atoms with Crippen LogP contribution in [0, 0.1) is 81.7 Å². The smallest absolute Gasteiger partial charge is 0.894 e. The Labute approximate surface area is 107 Å². The van der Waals surface area contributed by atoms with Gasteiger partial charge >= 0.3 is 81.7 Å². The molecule has 7 heavy (non-hydrogen) atoms. The van der Waals surface area contributed by atoms with E-state index in [2.05, 4.69) is 0 Å². The molecule has 7 heteroatoms. The van der Waals surface area contributed by atoms with E-state index in [9.17, 15) is 0 Å². The normalized spacial score (nSPS) is 8.57. The Morgan fingerprint density at radius 2 is 0.857 bits per heavy atom. The van der Waals surface area contributed by atoms with E-state index in [1.54, 1.807) is 0 Å². The molecule has 4 nitrogen and oxygen atoms in total. The Bertz CT molecular complexity index is 27.2. The summed E-state index contributed by atoms with van der Waals surface area (Å²) in [5.41, 5.74) is 0. The fourth-order valence-electron chi connectivity index (χ4n) is 0. The van der Waals surface area contributed by atoms with Crippen LogP contribution in [0.2, 0.25) is 0 Å². The van der Waals surface area contributed by atoms with Crippen molar-refractivity contribution >= 4 is 9.05 Å². The zero-order chi connectivity index (χ0) is 4.50. The summed E-state index contributed by atoms with van der Waals surface area (Å²) in [7, 11) is -5.61. The van der Waals surface area contributed by atoms with Crippen LogP contribution >= 0.6 is 0 Å². The minimum absolute atomic E-state index is 0. The molecule has 0 aliphatic rings. The molecule has 0 rings (SSSR count). The molecule has 0 aliphatic carbocycles. The minimum atomic E-state index is -5.61. The maximum absolute atomic E-state index is 8.58. The third-order valence-corrected chi connectivity index (χ3v) is 0. The van der Waals surface area contributed by atoms with Crippen LogP contribution in [0.4, 0.5) is 0 Å². The quantitative estimate of drug-likeness (QED) is 0.388. The van der Waals surface area contributed by atoms with Gasteiger partial charge in [-0.15, -0.1) is 0 Å². The molecular weight excluding hydrogens is 389 g/mol. The average molecular weight is 389 g/mol. The molecule has 0 aliphatic heterocycles. The topological polar surface area (TPSA) is 92.2 Å². The van der Waals surface area contributed by atoms with Gasteiger partial charge in [-0.3, -0.25) is 0 Å². The first-order valence-electron chi connectivity index (χ1n) is 0.816. The standard InChI is InChI=1S/Ce.Gd.O4Si/c;;1-5(2,3)4/q2*+3;-4. The Balaban J connectivity index is -0.0000000800. The molecule has 0 aromatic heterocycles. The molecule has 0 aromatic carbocycles. The van der Waals surface area contributed by atoms with Crippen molar-refractivity contribution in [2.75, 3.05) is 0 Å². The second-order valence-corrected chi connectivity index (χ2v) is 1.50. The number of hydrogen-bond donors (Lipinski definition) is 0. The van der Waals surface area contributed by atoms with Crippen LogP contribution < -0.4 is 19.2 Å². The van der Waals surface area contributed by atoms with Crippen LogP contribution in [0.1, 0.15) is 0 Å². The van der Waals surface area contributed by atoms with E-state index in [1.165, 1.54) is 0 Å². The largest absolute Gasteiger partial charge is 3.00 e. The predicted octanol–water partition coefficient (Wildman–Crippen LogP) is -5.14. The van der Waals surface area contributed by atoms with Gasteiger partial charge in [0.1, 0.15) is 0 Å². The molecule has 0 bridgehead atoms. The van der Waals surface area contributed by atoms with Crippen LogP contribution in [0.25, 0.3) is 0 Å². The molecule has 0 heterocycles. The fraction of sp³-hybridized carbons (Fsp3) is 0. The SMILES string of the molecule is [Ce+3].[Gd+3].[O-][Si]([O-])([O-])[O-]. The summed E-state index contributed by atoms with van der Waals surface area (Å²) in [4.78, 5) is 34.3. The van der Waals surface area contributed by atoms with Gasteiger partial charge in [-0.05, 0) is 0 Å². The van der Waals surface area contributed by atoms with Gasteiger partial charge in [0, 0.05) is 0 Å². The van der Waals surface area contributed by atoms with Crippen molar-refractivity contribution in [3.63, 3.8) is 0 Å². The van der Waals surface area contributed by atoms with Gasteiger partial charge in [-0.25, -0.2) is 0 Å². The third-order valence-electron chi connectivity index (χ3n) is 0. The van der Waals surface area contributed by atoms with Crippen LogP contribution in [-0.2, 0) is 0 Å². The molecule has 0 unspecified atom stereocenters. The molecule has 0 saturated heterocycles. The van der Waals surface area contributed by atoms with Gasteiger partial charge in [0.2, 0.25) is 0 Å². The van der Waals surface area contributed by atoms with E-state index in [1.807, 2.05) is 0 Å². The molecule has 0 saturated carbocycles. The first-order valence-corrected chi connectivity index (χ1v) is 2.45. The van der Waals surface area contributed by atoms with E-state index < -0.39 is 9.05 Å². The first-order chi connectivity index (χ1) is 2.00. The van der Waals surface area contributed by atoms with Crippen LogP contribution in [-0.4, -0.2) is 9.05 Å². The van der Waals surface area contributed by atoms with Gasteiger partial charge in [0.15, 0.2) is 0 Å². The Kier molecular flexibility index (Phi) is 16.1. The number of hydrogen-bond acceptors (Lipinski definition) is 4. The Morgan fingerprint density at radius 3 is 0.857 bits per heavy atom. The van der Waals surface area contributed by atoms with Gasteiger partial charge in [0.25, 0.3) is 0 Å². The van der Waals surface area contributed by atoms with Gasteiger partial charge in [-0.2, -0.15) is 0 Å². The van der Waals surface area contributed by atoms with Crippen molar-refractivity contribution in [2.45, 2.75) is 0 Å². The second-order valence-electron chi connectivity index (χ2n) is 0.500. The third kappa shape index (κ3) is 52.6. The van der Waals surface area contributed by atoms with Gasteiger partial charge in [-0.1, -0.05) is 0 Å². The summed E-state index contributed by atoms with van der Waals surface area (Å²) >= 11 is 0. The van der Waals surface area contributed by atoms with E-state index in [4.69, 9.17) is 19.2 Å². The number of rotatable bonds is 0. The van der Waals surface area contributed by atoms with E-state index in [-0.39, 0.29) is 81.7 Å². The zero-order valence-corrected chi connectivity index (χ0v) is 9.40. The van der Waals surface area contributed by atoms with Gasteiger partial charge in [0.05, 0.1) is 0 Å². The van der Waals surface area contributed by atoms with Crippen molar-refractivity contribution in [3.8, 4) is 0 Å². The molecule has 0 spiro atoms. The monoisotopic (exact) mass is 390 g/mol. The molecule has 2 radical (unpaired) electrons. The van der Waals surface area contributed by atoms with Crippen molar-refractivity contribution in [1.29, 1.82) is 0 Å². The molecule has 0 N–H and O–H groups in total. The van der Waals surface area contributed by atoms with E-state index in [0.717, 1.165) is 0 Å². The molecule has 0 aromatic rings. The van der Waals surface area contributed by atoms with Crippen LogP contribution in [0.15, 0.2) is 0 Å². The van der Waals surface area contributed by atoms with Crippen LogP contribution in [0.3, 0.4) is 0 Å². The summed E-state index contributed by atoms with van der Waals surface area (Å²) in [5, 5.41) is 0. The van der Waals surface area contributed by atoms with Crippen molar-refractivity contribution < 1.29 is 101 Å². The van der Waals surface area contributed by atoms with E-state index >= 15 is 0 Å². The first kappa shape index (κ1) is 16.4. The van der Waals surface area contributed by atoms with Crippen molar-refractivity contribution in [1.82, 2.24) is 0 Å². The molecule has 0 amide bonds.